The highest BCUT2D eigenvalue weighted by molar-refractivity contribution is 7.99. The van der Waals surface area contributed by atoms with Gasteiger partial charge >= 0.3 is 0 Å². The molecule has 2 aromatic rings. The maximum absolute atomic E-state index is 12.4. The third-order valence-electron chi connectivity index (χ3n) is 4.95. The Bertz CT molecular complexity index is 839. The Hall–Kier alpha value is -2.30. The molecule has 0 atom stereocenters. The molecule has 1 saturated heterocycles. The summed E-state index contributed by atoms with van der Waals surface area (Å²) < 4.78 is 17.8. The van der Waals surface area contributed by atoms with E-state index in [0.717, 1.165) is 49.6 Å². The quantitative estimate of drug-likeness (QED) is 0.558. The summed E-state index contributed by atoms with van der Waals surface area (Å²) in [4.78, 5) is 14.8. The molecule has 1 fully saturated rings. The van der Waals surface area contributed by atoms with Gasteiger partial charge in [0.25, 0.3) is 5.91 Å². The van der Waals surface area contributed by atoms with E-state index in [1.807, 2.05) is 11.6 Å². The van der Waals surface area contributed by atoms with Crippen molar-refractivity contribution in [2.45, 2.75) is 11.6 Å². The lowest BCUT2D eigenvalue weighted by Gasteiger charge is -2.26. The van der Waals surface area contributed by atoms with E-state index in [-0.39, 0.29) is 5.91 Å². The number of morpholine rings is 1. The number of nitrogens with one attached hydrogen (secondary N) is 1. The van der Waals surface area contributed by atoms with E-state index >= 15 is 0 Å². The monoisotopic (exact) mass is 435 g/mol. The molecule has 2 heterocycles. The van der Waals surface area contributed by atoms with Crippen LogP contribution in [0.4, 0.5) is 0 Å². The molecule has 1 aromatic heterocycles. The maximum atomic E-state index is 12.4. The van der Waals surface area contributed by atoms with Crippen LogP contribution >= 0.6 is 11.8 Å². The summed E-state index contributed by atoms with van der Waals surface area (Å²) in [7, 11) is 5.07. The Morgan fingerprint density at radius 2 is 1.97 bits per heavy atom. The van der Waals surface area contributed by atoms with Gasteiger partial charge in [0.2, 0.25) is 0 Å². The van der Waals surface area contributed by atoms with Gasteiger partial charge in [0.1, 0.15) is 5.82 Å². The van der Waals surface area contributed by atoms with Crippen LogP contribution in [0.1, 0.15) is 16.2 Å². The van der Waals surface area contributed by atoms with Gasteiger partial charge in [0, 0.05) is 51.0 Å². The molecular weight excluding hydrogens is 406 g/mol. The number of aromatic nitrogens is 3. The Kier molecular flexibility index (Phi) is 8.35. The number of hydrogen-bond acceptors (Lipinski definition) is 8. The number of carbonyl (C=O) groups is 1. The Balaban J connectivity index is 1.45. The van der Waals surface area contributed by atoms with Crippen molar-refractivity contribution < 1.29 is 19.0 Å². The van der Waals surface area contributed by atoms with Crippen molar-refractivity contribution in [2.75, 3.05) is 59.4 Å². The SMILES string of the molecule is COc1ccc(C(=O)NCCc2nnc(SCCN3CCOCC3)n2C)cc1OC. The number of methoxy groups -OCH3 is 2. The zero-order chi connectivity index (χ0) is 21.3. The van der Waals surface area contributed by atoms with Crippen LogP contribution in [-0.2, 0) is 18.2 Å². The lowest BCUT2D eigenvalue weighted by atomic mass is 10.2. The predicted octanol–water partition coefficient (Wildman–Crippen LogP) is 1.23. The number of ether oxygens (including phenoxy) is 3. The van der Waals surface area contributed by atoms with Gasteiger partial charge < -0.3 is 24.1 Å². The van der Waals surface area contributed by atoms with Crippen molar-refractivity contribution >= 4 is 17.7 Å². The van der Waals surface area contributed by atoms with Crippen molar-refractivity contribution in [3.05, 3.63) is 29.6 Å². The van der Waals surface area contributed by atoms with E-state index in [9.17, 15) is 4.79 Å². The minimum atomic E-state index is -0.168. The minimum absolute atomic E-state index is 0.168. The van der Waals surface area contributed by atoms with E-state index < -0.39 is 0 Å². The van der Waals surface area contributed by atoms with Gasteiger partial charge in [0.15, 0.2) is 16.7 Å². The summed E-state index contributed by atoms with van der Waals surface area (Å²) in [5.41, 5.74) is 0.518. The first kappa shape index (κ1) is 22.4. The number of rotatable bonds is 10. The summed E-state index contributed by atoms with van der Waals surface area (Å²) in [6.45, 7) is 5.09. The first-order valence-corrected chi connectivity index (χ1v) is 10.9. The van der Waals surface area contributed by atoms with Crippen molar-refractivity contribution in [1.29, 1.82) is 0 Å². The van der Waals surface area contributed by atoms with Gasteiger partial charge in [0.05, 0.1) is 27.4 Å². The van der Waals surface area contributed by atoms with Crippen LogP contribution in [0.15, 0.2) is 23.4 Å². The van der Waals surface area contributed by atoms with Crippen LogP contribution in [0, 0.1) is 0 Å². The smallest absolute Gasteiger partial charge is 0.251 e. The highest BCUT2D eigenvalue weighted by Gasteiger charge is 2.14. The van der Waals surface area contributed by atoms with Gasteiger partial charge in [-0.3, -0.25) is 9.69 Å². The molecule has 1 aromatic carbocycles. The molecule has 10 heteroatoms. The minimum Gasteiger partial charge on any atom is -0.493 e. The molecule has 3 rings (SSSR count). The molecule has 9 nitrogen and oxygen atoms in total. The fraction of sp³-hybridized carbons (Fsp3) is 0.550. The molecule has 0 radical (unpaired) electrons. The van der Waals surface area contributed by atoms with Crippen molar-refractivity contribution in [3.63, 3.8) is 0 Å². The largest absolute Gasteiger partial charge is 0.493 e. The predicted molar refractivity (Wildman–Crippen MR) is 115 cm³/mol. The van der Waals surface area contributed by atoms with E-state index in [2.05, 4.69) is 20.4 Å². The molecule has 1 aliphatic heterocycles. The maximum Gasteiger partial charge on any atom is 0.251 e. The number of benzene rings is 1. The van der Waals surface area contributed by atoms with Crippen LogP contribution in [-0.4, -0.2) is 84.9 Å². The average Bonchev–Trinajstić information content (AvgIpc) is 3.13. The second kappa shape index (κ2) is 11.2. The summed E-state index contributed by atoms with van der Waals surface area (Å²) in [6, 6.07) is 5.10. The van der Waals surface area contributed by atoms with Crippen LogP contribution in [0.25, 0.3) is 0 Å². The normalized spacial score (nSPS) is 14.5. The summed E-state index contributed by atoms with van der Waals surface area (Å²) in [5.74, 6) is 2.75. The molecule has 1 amide bonds. The van der Waals surface area contributed by atoms with Gasteiger partial charge in [-0.15, -0.1) is 10.2 Å². The fourth-order valence-corrected chi connectivity index (χ4v) is 4.08. The number of carbonyl (C=O) groups excluding carboxylic acids is 1. The van der Waals surface area contributed by atoms with E-state index in [4.69, 9.17) is 14.2 Å². The summed E-state index contributed by atoms with van der Waals surface area (Å²) in [5, 5.41) is 12.4. The van der Waals surface area contributed by atoms with Gasteiger partial charge in [-0.05, 0) is 18.2 Å². The lowest BCUT2D eigenvalue weighted by Crippen LogP contribution is -2.37. The number of hydrogen-bond donors (Lipinski definition) is 1. The van der Waals surface area contributed by atoms with Crippen molar-refractivity contribution in [1.82, 2.24) is 25.0 Å². The van der Waals surface area contributed by atoms with Crippen LogP contribution in [0.3, 0.4) is 0 Å². The third kappa shape index (κ3) is 5.87. The van der Waals surface area contributed by atoms with Gasteiger partial charge in [-0.2, -0.15) is 0 Å². The average molecular weight is 436 g/mol. The second-order valence-corrected chi connectivity index (χ2v) is 7.90. The summed E-state index contributed by atoms with van der Waals surface area (Å²) in [6.07, 6.45) is 0.604. The van der Waals surface area contributed by atoms with Crippen LogP contribution in [0.2, 0.25) is 0 Å². The lowest BCUT2D eigenvalue weighted by molar-refractivity contribution is 0.0410. The number of nitrogens with zero attached hydrogens (tertiary/aromatic N) is 4. The summed E-state index contributed by atoms with van der Waals surface area (Å²) >= 11 is 1.70. The number of thioether (sulfide) groups is 1. The Morgan fingerprint density at radius 1 is 1.20 bits per heavy atom. The highest BCUT2D eigenvalue weighted by Crippen LogP contribution is 2.27. The third-order valence-corrected chi connectivity index (χ3v) is 5.95. The molecule has 0 unspecified atom stereocenters. The molecule has 0 spiro atoms. The Morgan fingerprint density at radius 3 is 2.70 bits per heavy atom. The van der Waals surface area contributed by atoms with E-state index in [0.29, 0.717) is 30.0 Å². The number of amides is 1. The zero-order valence-corrected chi connectivity index (χ0v) is 18.5. The molecule has 164 valence electrons. The topological polar surface area (TPSA) is 90.7 Å². The second-order valence-electron chi connectivity index (χ2n) is 6.84. The molecule has 0 aliphatic carbocycles. The molecular formula is C20H29N5O4S. The first-order valence-electron chi connectivity index (χ1n) is 9.93. The fourth-order valence-electron chi connectivity index (χ4n) is 3.15. The van der Waals surface area contributed by atoms with E-state index in [1.165, 1.54) is 0 Å². The van der Waals surface area contributed by atoms with Gasteiger partial charge in [-0.1, -0.05) is 11.8 Å². The van der Waals surface area contributed by atoms with Crippen molar-refractivity contribution in [2.24, 2.45) is 7.05 Å². The zero-order valence-electron chi connectivity index (χ0n) is 17.7. The Labute approximate surface area is 181 Å². The molecule has 0 saturated carbocycles. The standard InChI is InChI=1S/C20H29N5O4S/c1-24-18(22-23-20(24)30-13-10-25-8-11-29-12-9-25)6-7-21-19(26)15-4-5-16(27-2)17(14-15)28-3/h4-5,14H,6-13H2,1-3H3,(H,21,26). The molecule has 1 aliphatic rings. The van der Waals surface area contributed by atoms with E-state index in [1.54, 1.807) is 44.2 Å². The van der Waals surface area contributed by atoms with Crippen LogP contribution in [0.5, 0.6) is 11.5 Å². The van der Waals surface area contributed by atoms with Crippen LogP contribution < -0.4 is 14.8 Å². The molecule has 30 heavy (non-hydrogen) atoms. The first-order chi connectivity index (χ1) is 14.6. The highest BCUT2D eigenvalue weighted by atomic mass is 32.2. The molecule has 0 bridgehead atoms. The molecule has 1 N–H and O–H groups in total. The van der Waals surface area contributed by atoms with Gasteiger partial charge in [-0.25, -0.2) is 0 Å². The van der Waals surface area contributed by atoms with Crippen molar-refractivity contribution in [3.8, 4) is 11.5 Å².